The Kier molecular flexibility index (Phi) is 8.89. The molecule has 2 unspecified atom stereocenters. The Morgan fingerprint density at radius 2 is 1.70 bits per heavy atom. The summed E-state index contributed by atoms with van der Waals surface area (Å²) in [5.74, 6) is -3.42. The highest BCUT2D eigenvalue weighted by Crippen LogP contribution is 2.10. The predicted octanol–water partition coefficient (Wildman–Crippen LogP) is 0.361. The molecule has 0 radical (unpaired) electrons. The highest BCUT2D eigenvalue weighted by molar-refractivity contribution is 7.90. The largest absolute Gasteiger partial charge is 0.481 e. The number of sulfonamides is 1. The quantitative estimate of drug-likeness (QED) is 0.396. The number of aliphatic carboxylic acids is 2. The summed E-state index contributed by atoms with van der Waals surface area (Å²) in [6, 6.07) is 7.98. The van der Waals surface area contributed by atoms with Crippen LogP contribution in [0.4, 0.5) is 0 Å². The highest BCUT2D eigenvalue weighted by Gasteiger charge is 2.24. The number of carboxylic acids is 2. The Morgan fingerprint density at radius 1 is 1.07 bits per heavy atom. The molecule has 10 heteroatoms. The number of hydrogen-bond donors (Lipinski definition) is 4. The smallest absolute Gasteiger partial charge is 0.326 e. The van der Waals surface area contributed by atoms with Gasteiger partial charge in [0.2, 0.25) is 15.9 Å². The zero-order valence-electron chi connectivity index (χ0n) is 14.9. The minimum atomic E-state index is -3.76. The van der Waals surface area contributed by atoms with Crippen LogP contribution in [0.3, 0.4) is 0 Å². The van der Waals surface area contributed by atoms with Crippen molar-refractivity contribution in [1.82, 2.24) is 10.0 Å². The van der Waals surface area contributed by atoms with Gasteiger partial charge in [-0.25, -0.2) is 17.9 Å². The number of hydrogen-bond acceptors (Lipinski definition) is 5. The van der Waals surface area contributed by atoms with Crippen LogP contribution in [-0.4, -0.2) is 54.3 Å². The van der Waals surface area contributed by atoms with E-state index in [-0.39, 0.29) is 6.42 Å². The third-order valence-electron chi connectivity index (χ3n) is 3.93. The summed E-state index contributed by atoms with van der Waals surface area (Å²) < 4.78 is 26.6. The van der Waals surface area contributed by atoms with Crippen LogP contribution in [0.2, 0.25) is 0 Å². The standard InChI is InChI=1S/C17H24N2O7S/c1-12(7-8-13-5-3-2-4-6-13)27(25,26)18-11-15(20)19-14(17(23)24)9-10-16(21)22/h2-6,12,14,18H,7-11H2,1H3,(H,19,20)(H,21,22)(H,23,24). The molecule has 0 aliphatic heterocycles. The molecule has 0 saturated heterocycles. The average molecular weight is 400 g/mol. The van der Waals surface area contributed by atoms with Gasteiger partial charge in [-0.1, -0.05) is 30.3 Å². The van der Waals surface area contributed by atoms with Gasteiger partial charge in [0.25, 0.3) is 0 Å². The molecule has 9 nitrogen and oxygen atoms in total. The van der Waals surface area contributed by atoms with Crippen LogP contribution < -0.4 is 10.0 Å². The van der Waals surface area contributed by atoms with Crippen LogP contribution in [0.25, 0.3) is 0 Å². The zero-order valence-corrected chi connectivity index (χ0v) is 15.7. The lowest BCUT2D eigenvalue weighted by Crippen LogP contribution is -2.46. The van der Waals surface area contributed by atoms with E-state index in [1.165, 1.54) is 6.92 Å². The molecule has 150 valence electrons. The minimum Gasteiger partial charge on any atom is -0.481 e. The first-order valence-corrected chi connectivity index (χ1v) is 9.93. The van der Waals surface area contributed by atoms with Gasteiger partial charge in [-0.3, -0.25) is 9.59 Å². The molecule has 0 aliphatic rings. The number of aryl methyl sites for hydroxylation is 1. The molecule has 0 aromatic heterocycles. The summed E-state index contributed by atoms with van der Waals surface area (Å²) >= 11 is 0. The highest BCUT2D eigenvalue weighted by atomic mass is 32.2. The van der Waals surface area contributed by atoms with Gasteiger partial charge in [-0.05, 0) is 31.7 Å². The monoisotopic (exact) mass is 400 g/mol. The Morgan fingerprint density at radius 3 is 2.26 bits per heavy atom. The number of benzene rings is 1. The fourth-order valence-electron chi connectivity index (χ4n) is 2.25. The van der Waals surface area contributed by atoms with Gasteiger partial charge in [0.1, 0.15) is 6.04 Å². The lowest BCUT2D eigenvalue weighted by molar-refractivity contribution is -0.142. The Hall–Kier alpha value is -2.46. The number of carbonyl (C=O) groups excluding carboxylic acids is 1. The zero-order chi connectivity index (χ0) is 20.4. The lowest BCUT2D eigenvalue weighted by atomic mass is 10.1. The summed E-state index contributed by atoms with van der Waals surface area (Å²) in [6.45, 7) is 0.908. The molecule has 2 atom stereocenters. The van der Waals surface area contributed by atoms with Gasteiger partial charge >= 0.3 is 11.9 Å². The van der Waals surface area contributed by atoms with Gasteiger partial charge in [-0.15, -0.1) is 0 Å². The second-order valence-electron chi connectivity index (χ2n) is 6.09. The van der Waals surface area contributed by atoms with E-state index in [2.05, 4.69) is 10.0 Å². The predicted molar refractivity (Wildman–Crippen MR) is 97.6 cm³/mol. The number of carbonyl (C=O) groups is 3. The van der Waals surface area contributed by atoms with Gasteiger partial charge in [0.05, 0.1) is 11.8 Å². The maximum atomic E-state index is 12.2. The number of carboxylic acid groups (broad SMARTS) is 2. The number of amides is 1. The minimum absolute atomic E-state index is 0.295. The summed E-state index contributed by atoms with van der Waals surface area (Å²) in [6.07, 6.45) is 0.193. The molecule has 4 N–H and O–H groups in total. The second-order valence-corrected chi connectivity index (χ2v) is 8.28. The molecule has 1 rings (SSSR count). The van der Waals surface area contributed by atoms with Crippen LogP contribution in [0.15, 0.2) is 30.3 Å². The second kappa shape index (κ2) is 10.6. The van der Waals surface area contributed by atoms with E-state index in [9.17, 15) is 22.8 Å². The SMILES string of the molecule is CC(CCc1ccccc1)S(=O)(=O)NCC(=O)NC(CCC(=O)O)C(=O)O. The van der Waals surface area contributed by atoms with Crippen LogP contribution in [0.1, 0.15) is 31.7 Å². The fourth-order valence-corrected chi connectivity index (χ4v) is 3.29. The first kappa shape index (κ1) is 22.6. The van der Waals surface area contributed by atoms with Crippen molar-refractivity contribution in [1.29, 1.82) is 0 Å². The molecule has 1 aromatic rings. The van der Waals surface area contributed by atoms with E-state index < -0.39 is 52.1 Å². The molecule has 0 saturated carbocycles. The molecule has 0 aliphatic carbocycles. The van der Waals surface area contributed by atoms with Crippen molar-refractivity contribution in [3.63, 3.8) is 0 Å². The van der Waals surface area contributed by atoms with Crippen LogP contribution in [-0.2, 0) is 30.8 Å². The average Bonchev–Trinajstić information content (AvgIpc) is 2.61. The van der Waals surface area contributed by atoms with Crippen molar-refractivity contribution in [3.8, 4) is 0 Å². The summed E-state index contributed by atoms with van der Waals surface area (Å²) in [7, 11) is -3.76. The van der Waals surface area contributed by atoms with Crippen molar-refractivity contribution in [3.05, 3.63) is 35.9 Å². The lowest BCUT2D eigenvalue weighted by Gasteiger charge is -2.16. The van der Waals surface area contributed by atoms with Gasteiger partial charge in [0.15, 0.2) is 0 Å². The Balaban J connectivity index is 2.49. The van der Waals surface area contributed by atoms with Crippen LogP contribution in [0, 0.1) is 0 Å². The van der Waals surface area contributed by atoms with E-state index in [0.29, 0.717) is 12.8 Å². The van der Waals surface area contributed by atoms with E-state index >= 15 is 0 Å². The molecule has 27 heavy (non-hydrogen) atoms. The molecule has 0 bridgehead atoms. The molecule has 0 heterocycles. The topological polar surface area (TPSA) is 150 Å². The van der Waals surface area contributed by atoms with E-state index in [1.54, 1.807) is 0 Å². The molecular weight excluding hydrogens is 376 g/mol. The molecule has 0 fully saturated rings. The van der Waals surface area contributed by atoms with E-state index in [0.717, 1.165) is 5.56 Å². The third-order valence-corrected chi connectivity index (χ3v) is 5.77. The van der Waals surface area contributed by atoms with Crippen molar-refractivity contribution >= 4 is 27.9 Å². The van der Waals surface area contributed by atoms with Gasteiger partial charge in [0, 0.05) is 6.42 Å². The number of nitrogens with one attached hydrogen (secondary N) is 2. The molecule has 1 aromatic carbocycles. The molecule has 1 amide bonds. The summed E-state index contributed by atoms with van der Waals surface area (Å²) in [5, 5.41) is 18.9. The van der Waals surface area contributed by atoms with E-state index in [4.69, 9.17) is 10.2 Å². The number of rotatable bonds is 12. The fraction of sp³-hybridized carbons (Fsp3) is 0.471. The maximum Gasteiger partial charge on any atom is 0.326 e. The first-order valence-electron chi connectivity index (χ1n) is 8.38. The van der Waals surface area contributed by atoms with Crippen molar-refractivity contribution in [2.45, 2.75) is 43.9 Å². The summed E-state index contributed by atoms with van der Waals surface area (Å²) in [4.78, 5) is 33.3. The van der Waals surface area contributed by atoms with Gasteiger partial charge < -0.3 is 15.5 Å². The van der Waals surface area contributed by atoms with Crippen molar-refractivity contribution in [2.75, 3.05) is 6.54 Å². The normalized spacial score (nSPS) is 13.5. The third kappa shape index (κ3) is 8.65. The Bertz CT molecular complexity index is 750. The maximum absolute atomic E-state index is 12.2. The first-order chi connectivity index (χ1) is 12.6. The van der Waals surface area contributed by atoms with Crippen LogP contribution >= 0.6 is 0 Å². The van der Waals surface area contributed by atoms with Crippen LogP contribution in [0.5, 0.6) is 0 Å². The van der Waals surface area contributed by atoms with E-state index in [1.807, 2.05) is 30.3 Å². The molecule has 0 spiro atoms. The van der Waals surface area contributed by atoms with Crippen molar-refractivity contribution < 1.29 is 33.0 Å². The Labute approximate surface area is 157 Å². The molecular formula is C17H24N2O7S. The van der Waals surface area contributed by atoms with Crippen molar-refractivity contribution in [2.24, 2.45) is 0 Å². The summed E-state index contributed by atoms with van der Waals surface area (Å²) in [5.41, 5.74) is 1.00. The van der Waals surface area contributed by atoms with Gasteiger partial charge in [-0.2, -0.15) is 0 Å².